The molecule has 0 bridgehead atoms. The maximum Gasteiger partial charge on any atom is 0.337 e. The standard InChI is InChI=1S/C21H20N2O5S/c1-13-4-6-14(7-5-13)10-18(24)22-21-23(12-19(25)27-2)16-9-8-15(20(26)28-3)11-17(16)29-21/h4-9,11H,10,12H2,1-3H3. The van der Waals surface area contributed by atoms with Gasteiger partial charge in [0.2, 0.25) is 0 Å². The number of hydrogen-bond donors (Lipinski definition) is 0. The number of esters is 2. The normalized spacial score (nSPS) is 11.5. The number of nitrogens with zero attached hydrogens (tertiary/aromatic N) is 2. The first-order valence-electron chi connectivity index (χ1n) is 8.83. The summed E-state index contributed by atoms with van der Waals surface area (Å²) in [6.45, 7) is 1.89. The summed E-state index contributed by atoms with van der Waals surface area (Å²) in [5, 5.41) is 0. The first-order valence-corrected chi connectivity index (χ1v) is 9.64. The molecule has 0 aliphatic carbocycles. The first-order chi connectivity index (χ1) is 13.9. The number of benzene rings is 2. The highest BCUT2D eigenvalue weighted by molar-refractivity contribution is 7.16. The van der Waals surface area contributed by atoms with Crippen molar-refractivity contribution in [2.75, 3.05) is 14.2 Å². The molecule has 1 heterocycles. The lowest BCUT2D eigenvalue weighted by atomic mass is 10.1. The molecule has 0 atom stereocenters. The largest absolute Gasteiger partial charge is 0.468 e. The Balaban J connectivity index is 2.03. The molecule has 0 saturated heterocycles. The number of rotatable bonds is 5. The zero-order valence-corrected chi connectivity index (χ0v) is 17.1. The zero-order chi connectivity index (χ0) is 21.0. The maximum absolute atomic E-state index is 12.5. The number of thiazole rings is 1. The Morgan fingerprint density at radius 3 is 2.41 bits per heavy atom. The number of carbonyl (C=O) groups excluding carboxylic acids is 3. The van der Waals surface area contributed by atoms with E-state index in [0.717, 1.165) is 11.1 Å². The molecule has 8 heteroatoms. The SMILES string of the molecule is COC(=O)Cn1c(=NC(=O)Cc2ccc(C)cc2)sc2cc(C(=O)OC)ccc21. The van der Waals surface area contributed by atoms with Gasteiger partial charge in [-0.2, -0.15) is 4.99 Å². The van der Waals surface area contributed by atoms with Crippen LogP contribution in [-0.4, -0.2) is 36.6 Å². The highest BCUT2D eigenvalue weighted by Crippen LogP contribution is 2.20. The van der Waals surface area contributed by atoms with E-state index in [-0.39, 0.29) is 18.9 Å². The number of fused-ring (bicyclic) bond motifs is 1. The van der Waals surface area contributed by atoms with Gasteiger partial charge in [0.25, 0.3) is 5.91 Å². The van der Waals surface area contributed by atoms with Crippen molar-refractivity contribution >= 4 is 39.4 Å². The van der Waals surface area contributed by atoms with Gasteiger partial charge in [0.05, 0.1) is 36.4 Å². The topological polar surface area (TPSA) is 87.0 Å². The fourth-order valence-corrected chi connectivity index (χ4v) is 3.86. The van der Waals surface area contributed by atoms with Crippen molar-refractivity contribution in [3.05, 3.63) is 64.0 Å². The summed E-state index contributed by atoms with van der Waals surface area (Å²) in [5.74, 6) is -1.25. The molecule has 0 aliphatic rings. The van der Waals surface area contributed by atoms with Gasteiger partial charge in [0, 0.05) is 0 Å². The Kier molecular flexibility index (Phi) is 6.23. The molecule has 0 aliphatic heterocycles. The van der Waals surface area contributed by atoms with Crippen molar-refractivity contribution in [1.82, 2.24) is 4.57 Å². The summed E-state index contributed by atoms with van der Waals surface area (Å²) in [6.07, 6.45) is 0.153. The van der Waals surface area contributed by atoms with Crippen molar-refractivity contribution < 1.29 is 23.9 Å². The lowest BCUT2D eigenvalue weighted by molar-refractivity contribution is -0.141. The number of amides is 1. The lowest BCUT2D eigenvalue weighted by Crippen LogP contribution is -2.22. The predicted molar refractivity (Wildman–Crippen MR) is 109 cm³/mol. The number of carbonyl (C=O) groups is 3. The minimum atomic E-state index is -0.464. The molecule has 3 aromatic rings. The molecular formula is C21H20N2O5S. The quantitative estimate of drug-likeness (QED) is 0.601. The average molecular weight is 412 g/mol. The van der Waals surface area contributed by atoms with Gasteiger partial charge < -0.3 is 14.0 Å². The molecule has 3 rings (SSSR count). The molecule has 1 amide bonds. The van der Waals surface area contributed by atoms with Crippen molar-refractivity contribution in [2.45, 2.75) is 19.9 Å². The summed E-state index contributed by atoms with van der Waals surface area (Å²) >= 11 is 1.22. The molecule has 7 nitrogen and oxygen atoms in total. The van der Waals surface area contributed by atoms with Crippen LogP contribution < -0.4 is 4.80 Å². The van der Waals surface area contributed by atoms with Crippen LogP contribution in [0.4, 0.5) is 0 Å². The van der Waals surface area contributed by atoms with Crippen LogP contribution in [0.15, 0.2) is 47.5 Å². The second-order valence-corrected chi connectivity index (χ2v) is 7.40. The van der Waals surface area contributed by atoms with Gasteiger partial charge >= 0.3 is 11.9 Å². The zero-order valence-electron chi connectivity index (χ0n) is 16.3. The van der Waals surface area contributed by atoms with Gasteiger partial charge in [-0.05, 0) is 30.7 Å². The van der Waals surface area contributed by atoms with Gasteiger partial charge in [0.15, 0.2) is 4.80 Å². The minimum Gasteiger partial charge on any atom is -0.468 e. The summed E-state index contributed by atoms with van der Waals surface area (Å²) in [5.41, 5.74) is 3.02. The van der Waals surface area contributed by atoms with Crippen molar-refractivity contribution in [3.8, 4) is 0 Å². The van der Waals surface area contributed by atoms with E-state index in [4.69, 9.17) is 9.47 Å². The third-order valence-corrected chi connectivity index (χ3v) is 5.36. The minimum absolute atomic E-state index is 0.0925. The van der Waals surface area contributed by atoms with Gasteiger partial charge in [-0.3, -0.25) is 9.59 Å². The van der Waals surface area contributed by atoms with Crippen LogP contribution in [0.1, 0.15) is 21.5 Å². The van der Waals surface area contributed by atoms with Crippen LogP contribution in [0, 0.1) is 6.92 Å². The van der Waals surface area contributed by atoms with Crippen LogP contribution in [0.2, 0.25) is 0 Å². The van der Waals surface area contributed by atoms with Gasteiger partial charge in [-0.1, -0.05) is 41.2 Å². The summed E-state index contributed by atoms with van der Waals surface area (Å²) in [7, 11) is 2.61. The average Bonchev–Trinajstić information content (AvgIpc) is 3.04. The van der Waals surface area contributed by atoms with E-state index in [1.54, 1.807) is 22.8 Å². The third-order valence-electron chi connectivity index (χ3n) is 4.32. The van der Waals surface area contributed by atoms with E-state index in [9.17, 15) is 14.4 Å². The number of aryl methyl sites for hydroxylation is 1. The summed E-state index contributed by atoms with van der Waals surface area (Å²) in [6, 6.07) is 12.6. The summed E-state index contributed by atoms with van der Waals surface area (Å²) in [4.78, 5) is 40.8. The lowest BCUT2D eigenvalue weighted by Gasteiger charge is -2.04. The number of ether oxygens (including phenoxy) is 2. The number of methoxy groups -OCH3 is 2. The second-order valence-electron chi connectivity index (χ2n) is 6.39. The van der Waals surface area contributed by atoms with Gasteiger partial charge in [-0.15, -0.1) is 0 Å². The highest BCUT2D eigenvalue weighted by atomic mass is 32.1. The maximum atomic E-state index is 12.5. The van der Waals surface area contributed by atoms with Crippen LogP contribution in [0.3, 0.4) is 0 Å². The molecule has 2 aromatic carbocycles. The first kappa shape index (κ1) is 20.5. The number of hydrogen-bond acceptors (Lipinski definition) is 6. The molecular weight excluding hydrogens is 392 g/mol. The van der Waals surface area contributed by atoms with E-state index in [1.807, 2.05) is 31.2 Å². The monoisotopic (exact) mass is 412 g/mol. The van der Waals surface area contributed by atoms with E-state index in [1.165, 1.54) is 25.6 Å². The predicted octanol–water partition coefficient (Wildman–Crippen LogP) is 2.64. The van der Waals surface area contributed by atoms with Gasteiger partial charge in [-0.25, -0.2) is 4.79 Å². The molecule has 0 saturated carbocycles. The van der Waals surface area contributed by atoms with E-state index < -0.39 is 11.9 Å². The second kappa shape index (κ2) is 8.83. The van der Waals surface area contributed by atoms with Crippen LogP contribution in [0.25, 0.3) is 10.2 Å². The van der Waals surface area contributed by atoms with E-state index in [2.05, 4.69) is 4.99 Å². The molecule has 0 fully saturated rings. The Labute approximate surface area is 171 Å². The Morgan fingerprint density at radius 1 is 1.03 bits per heavy atom. The van der Waals surface area contributed by atoms with Crippen LogP contribution in [-0.2, 0) is 32.0 Å². The van der Waals surface area contributed by atoms with E-state index in [0.29, 0.717) is 20.6 Å². The van der Waals surface area contributed by atoms with E-state index >= 15 is 0 Å². The smallest absolute Gasteiger partial charge is 0.337 e. The van der Waals surface area contributed by atoms with Crippen LogP contribution >= 0.6 is 11.3 Å². The molecule has 1 aromatic heterocycles. The van der Waals surface area contributed by atoms with Crippen molar-refractivity contribution in [3.63, 3.8) is 0 Å². The molecule has 0 spiro atoms. The molecule has 29 heavy (non-hydrogen) atoms. The van der Waals surface area contributed by atoms with Gasteiger partial charge in [0.1, 0.15) is 6.54 Å². The number of aromatic nitrogens is 1. The molecule has 0 N–H and O–H groups in total. The van der Waals surface area contributed by atoms with Crippen LogP contribution in [0.5, 0.6) is 0 Å². The molecule has 150 valence electrons. The van der Waals surface area contributed by atoms with Crippen molar-refractivity contribution in [2.24, 2.45) is 4.99 Å². The summed E-state index contributed by atoms with van der Waals surface area (Å²) < 4.78 is 11.8. The third kappa shape index (κ3) is 4.78. The fraction of sp³-hybridized carbons (Fsp3) is 0.238. The van der Waals surface area contributed by atoms with Crippen molar-refractivity contribution in [1.29, 1.82) is 0 Å². The highest BCUT2D eigenvalue weighted by Gasteiger charge is 2.14. The molecule has 0 unspecified atom stereocenters. The Morgan fingerprint density at radius 2 is 1.76 bits per heavy atom. The Hall–Kier alpha value is -3.26. The fourth-order valence-electron chi connectivity index (χ4n) is 2.78. The Bertz CT molecular complexity index is 1140. The molecule has 0 radical (unpaired) electrons.